The molecule has 8 heteroatoms. The van der Waals surface area contributed by atoms with Gasteiger partial charge < -0.3 is 24.2 Å². The second-order valence-corrected chi connectivity index (χ2v) is 7.97. The van der Waals surface area contributed by atoms with E-state index >= 15 is 0 Å². The molecule has 0 aliphatic carbocycles. The van der Waals surface area contributed by atoms with Crippen LogP contribution in [-0.2, 0) is 0 Å². The maximum absolute atomic E-state index is 13.0. The van der Waals surface area contributed by atoms with Crippen molar-refractivity contribution in [2.75, 3.05) is 49.1 Å². The van der Waals surface area contributed by atoms with Gasteiger partial charge in [-0.1, -0.05) is 0 Å². The predicted molar refractivity (Wildman–Crippen MR) is 115 cm³/mol. The van der Waals surface area contributed by atoms with Gasteiger partial charge in [0.25, 0.3) is 5.91 Å². The first-order valence-electron chi connectivity index (χ1n) is 10.5. The standard InChI is InChI=1S/C22H26N6O2/c29-19-3-1-10-27(16-19)21(30)17-4-5-18-6-7-20(28(18)15-17)25-11-13-26(14-12-25)22-23-8-2-9-24-22/h2,4-9,15,19,29H,1,3,10-14,16H2/t19-/m1/s1. The van der Waals surface area contributed by atoms with Crippen LogP contribution in [0.25, 0.3) is 5.52 Å². The Morgan fingerprint density at radius 3 is 2.47 bits per heavy atom. The summed E-state index contributed by atoms with van der Waals surface area (Å²) < 4.78 is 2.10. The Morgan fingerprint density at radius 2 is 1.70 bits per heavy atom. The normalized spacial score (nSPS) is 20.0. The third-order valence-electron chi connectivity index (χ3n) is 6.00. The van der Waals surface area contributed by atoms with E-state index in [0.29, 0.717) is 18.7 Å². The first-order chi connectivity index (χ1) is 14.7. The van der Waals surface area contributed by atoms with Crippen molar-refractivity contribution in [3.05, 3.63) is 54.5 Å². The largest absolute Gasteiger partial charge is 0.391 e. The van der Waals surface area contributed by atoms with Crippen LogP contribution in [0.1, 0.15) is 23.2 Å². The van der Waals surface area contributed by atoms with Crippen LogP contribution in [0.3, 0.4) is 0 Å². The number of β-amino-alcohol motifs (C(OH)–C–C–N with tert-alkyl or cyclic N) is 1. The number of likely N-dealkylation sites (tertiary alicyclic amines) is 1. The van der Waals surface area contributed by atoms with E-state index in [-0.39, 0.29) is 5.91 Å². The molecule has 0 aromatic carbocycles. The predicted octanol–water partition coefficient (Wildman–Crippen LogP) is 1.65. The summed E-state index contributed by atoms with van der Waals surface area (Å²) in [7, 11) is 0. The SMILES string of the molecule is O=C(c1ccc2ccc(N3CCN(c4ncccn4)CC3)n2c1)N1CCC[C@@H](O)C1. The van der Waals surface area contributed by atoms with E-state index in [1.54, 1.807) is 17.3 Å². The summed E-state index contributed by atoms with van der Waals surface area (Å²) in [6.07, 6.45) is 6.67. The quantitative estimate of drug-likeness (QED) is 0.713. The van der Waals surface area contributed by atoms with Gasteiger partial charge in [-0.3, -0.25) is 4.79 Å². The summed E-state index contributed by atoms with van der Waals surface area (Å²) in [6, 6.07) is 9.90. The van der Waals surface area contributed by atoms with Gasteiger partial charge in [-0.2, -0.15) is 0 Å². The second-order valence-electron chi connectivity index (χ2n) is 7.97. The average molecular weight is 406 g/mol. The topological polar surface area (TPSA) is 77.2 Å². The smallest absolute Gasteiger partial charge is 0.255 e. The monoisotopic (exact) mass is 406 g/mol. The molecule has 0 radical (unpaired) electrons. The zero-order valence-corrected chi connectivity index (χ0v) is 16.9. The molecule has 3 aromatic heterocycles. The Bertz CT molecular complexity index is 1030. The molecule has 8 nitrogen and oxygen atoms in total. The molecule has 0 spiro atoms. The fraction of sp³-hybridized carbons (Fsp3) is 0.409. The number of piperidine rings is 1. The molecule has 1 amide bonds. The molecule has 2 aliphatic rings. The Hall–Kier alpha value is -3.13. The third kappa shape index (κ3) is 3.59. The van der Waals surface area contributed by atoms with Gasteiger partial charge in [0, 0.05) is 63.4 Å². The molecule has 1 N–H and O–H groups in total. The van der Waals surface area contributed by atoms with Crippen molar-refractivity contribution < 1.29 is 9.90 Å². The Labute approximate surface area is 175 Å². The molecule has 5 rings (SSSR count). The van der Waals surface area contributed by atoms with Crippen molar-refractivity contribution in [3.63, 3.8) is 0 Å². The van der Waals surface area contributed by atoms with Crippen molar-refractivity contribution in [3.8, 4) is 0 Å². The highest BCUT2D eigenvalue weighted by molar-refractivity contribution is 5.94. The minimum Gasteiger partial charge on any atom is -0.391 e. The van der Waals surface area contributed by atoms with Gasteiger partial charge in [-0.15, -0.1) is 0 Å². The van der Waals surface area contributed by atoms with E-state index in [0.717, 1.165) is 56.3 Å². The molecule has 1 atom stereocenters. The minimum absolute atomic E-state index is 0.0126. The highest BCUT2D eigenvalue weighted by atomic mass is 16.3. The summed E-state index contributed by atoms with van der Waals surface area (Å²) in [5.41, 5.74) is 1.72. The Morgan fingerprint density at radius 1 is 0.967 bits per heavy atom. The molecule has 0 saturated carbocycles. The minimum atomic E-state index is -0.418. The van der Waals surface area contributed by atoms with Crippen molar-refractivity contribution in [1.29, 1.82) is 0 Å². The number of fused-ring (bicyclic) bond motifs is 1. The van der Waals surface area contributed by atoms with E-state index in [4.69, 9.17) is 0 Å². The van der Waals surface area contributed by atoms with Crippen LogP contribution in [0.4, 0.5) is 11.8 Å². The number of carbonyl (C=O) groups excluding carboxylic acids is 1. The van der Waals surface area contributed by atoms with Gasteiger partial charge in [0.15, 0.2) is 0 Å². The molecule has 2 fully saturated rings. The summed E-state index contributed by atoms with van der Waals surface area (Å²) in [5, 5.41) is 9.91. The number of hydrogen-bond donors (Lipinski definition) is 1. The molecular weight excluding hydrogens is 380 g/mol. The van der Waals surface area contributed by atoms with Gasteiger partial charge in [-0.25, -0.2) is 9.97 Å². The molecule has 0 bridgehead atoms. The molecular formula is C22H26N6O2. The molecule has 30 heavy (non-hydrogen) atoms. The average Bonchev–Trinajstić information content (AvgIpc) is 3.22. The molecule has 3 aromatic rings. The van der Waals surface area contributed by atoms with E-state index in [1.807, 2.05) is 24.4 Å². The first-order valence-corrected chi connectivity index (χ1v) is 10.5. The number of nitrogens with zero attached hydrogens (tertiary/aromatic N) is 6. The van der Waals surface area contributed by atoms with Crippen LogP contribution in [0, 0.1) is 0 Å². The Balaban J connectivity index is 1.34. The molecule has 2 saturated heterocycles. The Kier molecular flexibility index (Phi) is 5.00. The maximum atomic E-state index is 13.0. The van der Waals surface area contributed by atoms with E-state index in [1.165, 1.54) is 0 Å². The van der Waals surface area contributed by atoms with E-state index < -0.39 is 6.10 Å². The fourth-order valence-electron chi connectivity index (χ4n) is 4.38. The van der Waals surface area contributed by atoms with Crippen LogP contribution in [0.15, 0.2) is 48.9 Å². The van der Waals surface area contributed by atoms with Crippen LogP contribution < -0.4 is 9.80 Å². The lowest BCUT2D eigenvalue weighted by Crippen LogP contribution is -2.47. The van der Waals surface area contributed by atoms with Gasteiger partial charge in [0.05, 0.1) is 11.7 Å². The van der Waals surface area contributed by atoms with Crippen molar-refractivity contribution >= 4 is 23.2 Å². The number of aliphatic hydroxyl groups is 1. The zero-order chi connectivity index (χ0) is 20.5. The lowest BCUT2D eigenvalue weighted by molar-refractivity contribution is 0.0473. The summed E-state index contributed by atoms with van der Waals surface area (Å²) in [4.78, 5) is 28.0. The molecule has 0 unspecified atom stereocenters. The number of hydrogen-bond acceptors (Lipinski definition) is 6. The van der Waals surface area contributed by atoms with Crippen LogP contribution >= 0.6 is 0 Å². The van der Waals surface area contributed by atoms with Crippen LogP contribution in [0.2, 0.25) is 0 Å². The van der Waals surface area contributed by atoms with Gasteiger partial charge in [0.1, 0.15) is 5.82 Å². The number of piperazine rings is 1. The van der Waals surface area contributed by atoms with Gasteiger partial charge >= 0.3 is 0 Å². The first kappa shape index (κ1) is 18.9. The molecule has 5 heterocycles. The number of amides is 1. The summed E-state index contributed by atoms with van der Waals surface area (Å²) in [5.74, 6) is 1.85. The summed E-state index contributed by atoms with van der Waals surface area (Å²) in [6.45, 7) is 4.54. The zero-order valence-electron chi connectivity index (χ0n) is 16.9. The number of aromatic nitrogens is 3. The fourth-order valence-corrected chi connectivity index (χ4v) is 4.38. The summed E-state index contributed by atoms with van der Waals surface area (Å²) >= 11 is 0. The number of rotatable bonds is 3. The van der Waals surface area contributed by atoms with Gasteiger partial charge in [0.2, 0.25) is 5.95 Å². The van der Waals surface area contributed by atoms with Crippen molar-refractivity contribution in [2.24, 2.45) is 0 Å². The second kappa shape index (κ2) is 7.95. The number of anilines is 2. The lowest BCUT2D eigenvalue weighted by atomic mass is 10.1. The van der Waals surface area contributed by atoms with Crippen molar-refractivity contribution in [1.82, 2.24) is 19.3 Å². The number of carbonyl (C=O) groups is 1. The lowest BCUT2D eigenvalue weighted by Gasteiger charge is -2.35. The van der Waals surface area contributed by atoms with E-state index in [2.05, 4.69) is 36.3 Å². The van der Waals surface area contributed by atoms with Gasteiger partial charge in [-0.05, 0) is 43.2 Å². The van der Waals surface area contributed by atoms with Crippen molar-refractivity contribution in [2.45, 2.75) is 18.9 Å². The van der Waals surface area contributed by atoms with E-state index in [9.17, 15) is 9.90 Å². The maximum Gasteiger partial charge on any atom is 0.255 e. The number of pyridine rings is 1. The highest BCUT2D eigenvalue weighted by Gasteiger charge is 2.24. The van der Waals surface area contributed by atoms with Crippen LogP contribution in [0.5, 0.6) is 0 Å². The molecule has 156 valence electrons. The number of aliphatic hydroxyl groups excluding tert-OH is 1. The highest BCUT2D eigenvalue weighted by Crippen LogP contribution is 2.23. The molecule has 2 aliphatic heterocycles. The van der Waals surface area contributed by atoms with Crippen LogP contribution in [-0.4, -0.2) is 75.7 Å². The third-order valence-corrected chi connectivity index (χ3v) is 6.00.